The predicted octanol–water partition coefficient (Wildman–Crippen LogP) is 2.80. The van der Waals surface area contributed by atoms with Gasteiger partial charge in [-0.25, -0.2) is 4.39 Å². The molecule has 0 radical (unpaired) electrons. The molecule has 1 amide bonds. The molecule has 6 heteroatoms. The van der Waals surface area contributed by atoms with Gasteiger partial charge in [-0.15, -0.1) is 0 Å². The van der Waals surface area contributed by atoms with Gasteiger partial charge in [0.1, 0.15) is 11.9 Å². The van der Waals surface area contributed by atoms with E-state index in [1.165, 1.54) is 19.1 Å². The number of carbonyl (C=O) groups excluding carboxylic acids is 1. The minimum absolute atomic E-state index is 0.0198. The molecule has 1 aliphatic rings. The maximum atomic E-state index is 13.7. The fraction of sp³-hybridized carbons (Fsp3) is 0.267. The normalized spacial score (nSPS) is 13.9. The molecule has 1 aliphatic heterocycles. The van der Waals surface area contributed by atoms with Crippen LogP contribution in [0.5, 0.6) is 0 Å². The third-order valence-electron chi connectivity index (χ3n) is 3.72. The highest BCUT2D eigenvalue weighted by Gasteiger charge is 2.23. The Morgan fingerprint density at radius 1 is 1.52 bits per heavy atom. The summed E-state index contributed by atoms with van der Waals surface area (Å²) in [5.74, 6) is -0.622. The lowest BCUT2D eigenvalue weighted by molar-refractivity contribution is -0.129. The largest absolute Gasteiger partial charge is 0.338 e. The van der Waals surface area contributed by atoms with Gasteiger partial charge in [0.25, 0.3) is 0 Å². The van der Waals surface area contributed by atoms with E-state index < -0.39 is 5.82 Å². The second kappa shape index (κ2) is 4.97. The molecule has 2 heterocycles. The molecule has 4 nitrogen and oxygen atoms in total. The van der Waals surface area contributed by atoms with Gasteiger partial charge in [-0.05, 0) is 6.07 Å². The van der Waals surface area contributed by atoms with Crippen molar-refractivity contribution in [1.29, 1.82) is 5.26 Å². The van der Waals surface area contributed by atoms with E-state index in [9.17, 15) is 9.18 Å². The van der Waals surface area contributed by atoms with Crippen LogP contribution in [0.25, 0.3) is 10.9 Å². The van der Waals surface area contributed by atoms with Crippen molar-refractivity contribution in [3.05, 3.63) is 39.8 Å². The van der Waals surface area contributed by atoms with E-state index in [1.807, 2.05) is 0 Å². The number of hydrogen-bond donors (Lipinski definition) is 0. The first-order valence-corrected chi connectivity index (χ1v) is 6.85. The molecule has 0 saturated heterocycles. The summed E-state index contributed by atoms with van der Waals surface area (Å²) < 4.78 is 13.7. The molecular weight excluding hydrogens is 293 g/mol. The summed E-state index contributed by atoms with van der Waals surface area (Å²) in [7, 11) is 0. The molecule has 2 aromatic rings. The van der Waals surface area contributed by atoms with Gasteiger partial charge in [-0.1, -0.05) is 11.6 Å². The van der Waals surface area contributed by atoms with Crippen LogP contribution in [0.3, 0.4) is 0 Å². The Balaban J connectivity index is 2.22. The Kier molecular flexibility index (Phi) is 3.26. The van der Waals surface area contributed by atoms with Crippen molar-refractivity contribution >= 4 is 28.4 Å². The van der Waals surface area contributed by atoms with Crippen LogP contribution in [-0.2, 0) is 17.8 Å². The second-order valence-electron chi connectivity index (χ2n) is 5.00. The Morgan fingerprint density at radius 3 is 2.95 bits per heavy atom. The number of fused-ring (bicyclic) bond motifs is 2. The minimum Gasteiger partial charge on any atom is -0.338 e. The summed E-state index contributed by atoms with van der Waals surface area (Å²) in [6.07, 6.45) is 0.589. The highest BCUT2D eigenvalue weighted by Crippen LogP contribution is 2.33. The van der Waals surface area contributed by atoms with Crippen molar-refractivity contribution in [3.63, 3.8) is 0 Å². The minimum atomic E-state index is -0.602. The fourth-order valence-corrected chi connectivity index (χ4v) is 2.89. The van der Waals surface area contributed by atoms with Gasteiger partial charge in [0.15, 0.2) is 0 Å². The molecule has 0 bridgehead atoms. The Labute approximate surface area is 125 Å². The Bertz CT molecular complexity index is 813. The first kappa shape index (κ1) is 13.8. The van der Waals surface area contributed by atoms with Crippen LogP contribution in [-0.4, -0.2) is 22.3 Å². The van der Waals surface area contributed by atoms with Crippen LogP contribution in [0, 0.1) is 17.1 Å². The van der Waals surface area contributed by atoms with E-state index in [1.54, 1.807) is 11.0 Å². The molecule has 0 N–H and O–H groups in total. The zero-order chi connectivity index (χ0) is 15.1. The molecule has 21 heavy (non-hydrogen) atoms. The number of benzene rings is 1. The smallest absolute Gasteiger partial charge is 0.219 e. The molecular formula is C15H11ClFN3O. The van der Waals surface area contributed by atoms with Gasteiger partial charge in [-0.3, -0.25) is 9.78 Å². The molecule has 106 valence electrons. The highest BCUT2D eigenvalue weighted by molar-refractivity contribution is 6.36. The quantitative estimate of drug-likeness (QED) is 0.752. The number of aromatic nitrogens is 1. The van der Waals surface area contributed by atoms with Crippen LogP contribution in [0.15, 0.2) is 12.1 Å². The number of hydrogen-bond acceptors (Lipinski definition) is 3. The van der Waals surface area contributed by atoms with Gasteiger partial charge >= 0.3 is 0 Å². The molecule has 0 spiro atoms. The predicted molar refractivity (Wildman–Crippen MR) is 76.2 cm³/mol. The maximum Gasteiger partial charge on any atom is 0.219 e. The lowest BCUT2D eigenvalue weighted by Crippen LogP contribution is -2.34. The fourth-order valence-electron chi connectivity index (χ4n) is 2.57. The monoisotopic (exact) mass is 303 g/mol. The van der Waals surface area contributed by atoms with Gasteiger partial charge in [0.05, 0.1) is 16.1 Å². The zero-order valence-electron chi connectivity index (χ0n) is 11.3. The lowest BCUT2D eigenvalue weighted by atomic mass is 10.0. The van der Waals surface area contributed by atoms with Gasteiger partial charge in [0, 0.05) is 49.1 Å². The van der Waals surface area contributed by atoms with Crippen molar-refractivity contribution in [1.82, 2.24) is 9.88 Å². The van der Waals surface area contributed by atoms with Crippen LogP contribution < -0.4 is 0 Å². The van der Waals surface area contributed by atoms with Crippen molar-refractivity contribution in [2.24, 2.45) is 0 Å². The summed E-state index contributed by atoms with van der Waals surface area (Å²) in [5, 5.41) is 9.90. The zero-order valence-corrected chi connectivity index (χ0v) is 12.0. The van der Waals surface area contributed by atoms with Crippen LogP contribution in [0.1, 0.15) is 23.7 Å². The maximum absolute atomic E-state index is 13.7. The van der Waals surface area contributed by atoms with Crippen molar-refractivity contribution in [2.75, 3.05) is 6.54 Å². The second-order valence-corrected chi connectivity index (χ2v) is 5.38. The van der Waals surface area contributed by atoms with E-state index in [4.69, 9.17) is 16.9 Å². The SMILES string of the molecule is CC(=O)N1CCc2nc3cc(F)c(C#N)cc3c(Cl)c2C1. The average molecular weight is 304 g/mol. The van der Waals surface area contributed by atoms with E-state index in [-0.39, 0.29) is 11.5 Å². The summed E-state index contributed by atoms with van der Waals surface area (Å²) in [4.78, 5) is 17.6. The average Bonchev–Trinajstić information content (AvgIpc) is 2.46. The molecule has 0 atom stereocenters. The molecule has 0 unspecified atom stereocenters. The Morgan fingerprint density at radius 2 is 2.29 bits per heavy atom. The summed E-state index contributed by atoms with van der Waals surface area (Å²) in [5.41, 5.74) is 1.94. The number of nitrogens with zero attached hydrogens (tertiary/aromatic N) is 3. The third-order valence-corrected chi connectivity index (χ3v) is 4.16. The number of amides is 1. The number of carbonyl (C=O) groups is 1. The Hall–Kier alpha value is -2.19. The van der Waals surface area contributed by atoms with E-state index in [0.717, 1.165) is 11.3 Å². The summed E-state index contributed by atoms with van der Waals surface area (Å²) in [6.45, 7) is 2.48. The standard InChI is InChI=1S/C15H11ClFN3O/c1-8(21)20-3-2-13-11(7-20)15(16)10-4-9(6-18)12(17)5-14(10)19-13/h4-5H,2-3,7H2,1H3. The molecule has 3 rings (SSSR count). The number of nitriles is 1. The number of pyridine rings is 1. The van der Waals surface area contributed by atoms with Crippen LogP contribution in [0.4, 0.5) is 4.39 Å². The van der Waals surface area contributed by atoms with Gasteiger partial charge in [0.2, 0.25) is 5.91 Å². The highest BCUT2D eigenvalue weighted by atomic mass is 35.5. The van der Waals surface area contributed by atoms with Gasteiger partial charge in [-0.2, -0.15) is 5.26 Å². The van der Waals surface area contributed by atoms with E-state index >= 15 is 0 Å². The van der Waals surface area contributed by atoms with Crippen LogP contribution >= 0.6 is 11.6 Å². The van der Waals surface area contributed by atoms with Crippen molar-refractivity contribution in [2.45, 2.75) is 19.9 Å². The first-order valence-electron chi connectivity index (χ1n) is 6.47. The van der Waals surface area contributed by atoms with E-state index in [2.05, 4.69) is 4.98 Å². The lowest BCUT2D eigenvalue weighted by Gasteiger charge is -2.28. The number of halogens is 2. The topological polar surface area (TPSA) is 57.0 Å². The number of rotatable bonds is 0. The van der Waals surface area contributed by atoms with E-state index in [0.29, 0.717) is 35.4 Å². The summed E-state index contributed by atoms with van der Waals surface area (Å²) in [6, 6.07) is 4.44. The molecule has 1 aromatic heterocycles. The summed E-state index contributed by atoms with van der Waals surface area (Å²) >= 11 is 6.40. The van der Waals surface area contributed by atoms with Crippen molar-refractivity contribution < 1.29 is 9.18 Å². The van der Waals surface area contributed by atoms with Crippen molar-refractivity contribution in [3.8, 4) is 6.07 Å². The first-order chi connectivity index (χ1) is 10.0. The molecule has 0 fully saturated rings. The van der Waals surface area contributed by atoms with Gasteiger partial charge < -0.3 is 4.90 Å². The molecule has 0 saturated carbocycles. The molecule has 0 aliphatic carbocycles. The van der Waals surface area contributed by atoms with Crippen LogP contribution in [0.2, 0.25) is 5.02 Å². The molecule has 1 aromatic carbocycles. The third kappa shape index (κ3) is 2.22.